The molecule has 1 spiro atoms. The summed E-state index contributed by atoms with van der Waals surface area (Å²) in [5, 5.41) is 87.9. The number of guanidine groups is 1. The number of benzene rings is 3. The third kappa shape index (κ3) is 12.8. The van der Waals surface area contributed by atoms with Crippen molar-refractivity contribution in [3.63, 3.8) is 0 Å². The number of hydrogen-bond donors (Lipinski definition) is 12. The van der Waals surface area contributed by atoms with E-state index in [4.69, 9.17) is 17.2 Å². The van der Waals surface area contributed by atoms with Crippen LogP contribution in [0.1, 0.15) is 124 Å². The SMILES string of the molecule is C=C(C=CC=C(CO)C1CCC2(C3CCC(O)Cc4cccc(c4)CC(C(CN=C(N)N)c4ccc(O)cc4)C(O)CNC4C(=O)NC(N)c5cccc(c54)CC(=O)C(C)=C3CCC2(C)O)C1O)C(O)CC=C(C)C. The summed E-state index contributed by atoms with van der Waals surface area (Å²) in [5.41, 5.74) is 23.4. The second-order valence-corrected chi connectivity index (χ2v) is 22.0. The van der Waals surface area contributed by atoms with Gasteiger partial charge in [-0.05, 0) is 160 Å². The highest BCUT2D eigenvalue weighted by Gasteiger charge is 2.64. The van der Waals surface area contributed by atoms with E-state index in [-0.39, 0.29) is 62.9 Å². The van der Waals surface area contributed by atoms with Gasteiger partial charge in [0.1, 0.15) is 18.0 Å². The molecule has 2 fully saturated rings. The molecule has 75 heavy (non-hydrogen) atoms. The van der Waals surface area contributed by atoms with Crippen molar-refractivity contribution in [2.24, 2.45) is 45.4 Å². The molecule has 2 bridgehead atoms. The minimum absolute atomic E-state index is 0.0660. The first-order chi connectivity index (χ1) is 35.6. The number of phenolic OH excluding ortho intramolecular Hbond substituents is 1. The van der Waals surface area contributed by atoms with Crippen LogP contribution < -0.4 is 27.8 Å². The highest BCUT2D eigenvalue weighted by molar-refractivity contribution is 5.98. The first kappa shape index (κ1) is 57.0. The molecule has 2 heterocycles. The molecule has 2 saturated carbocycles. The fourth-order valence-electron chi connectivity index (χ4n) is 12.7. The van der Waals surface area contributed by atoms with Crippen LogP contribution in [0.4, 0.5) is 0 Å². The number of fused-ring (bicyclic) bond motifs is 4. The smallest absolute Gasteiger partial charge is 0.243 e. The summed E-state index contributed by atoms with van der Waals surface area (Å²) in [4.78, 5) is 33.5. The van der Waals surface area contributed by atoms with Crippen LogP contribution in [0.3, 0.4) is 0 Å². The number of nitrogens with zero attached hydrogens (tertiary/aromatic N) is 1. The second kappa shape index (κ2) is 24.5. The Balaban J connectivity index is 1.31. The fourth-order valence-corrected chi connectivity index (χ4v) is 12.7. The van der Waals surface area contributed by atoms with Gasteiger partial charge in [0.25, 0.3) is 0 Å². The van der Waals surface area contributed by atoms with E-state index in [9.17, 15) is 40.5 Å². The molecule has 3 aromatic carbocycles. The molecular weight excluding hydrogens is 949 g/mol. The molecule has 2 aliphatic carbocycles. The molecule has 404 valence electrons. The van der Waals surface area contributed by atoms with E-state index in [1.54, 1.807) is 62.4 Å². The van der Waals surface area contributed by atoms with Gasteiger partial charge in [0, 0.05) is 36.8 Å². The maximum Gasteiger partial charge on any atom is 0.243 e. The van der Waals surface area contributed by atoms with Gasteiger partial charge in [-0.2, -0.15) is 0 Å². The highest BCUT2D eigenvalue weighted by Crippen LogP contribution is 2.63. The number of phenols is 1. The number of carbonyl (C=O) groups excluding carboxylic acids is 2. The number of β-amino-alcohol motifs (C(OH)–C–C–N with tert-alkyl or cyclic N) is 1. The van der Waals surface area contributed by atoms with Crippen LogP contribution in [-0.4, -0.2) is 103 Å². The Morgan fingerprint density at radius 1 is 0.973 bits per heavy atom. The zero-order valence-corrected chi connectivity index (χ0v) is 44.0. The second-order valence-electron chi connectivity index (χ2n) is 22.0. The average molecular weight is 1030 g/mol. The van der Waals surface area contributed by atoms with Gasteiger partial charge in [-0.15, -0.1) is 0 Å². The summed E-state index contributed by atoms with van der Waals surface area (Å²) < 4.78 is 0. The van der Waals surface area contributed by atoms with E-state index in [0.717, 1.165) is 27.8 Å². The van der Waals surface area contributed by atoms with Crippen molar-refractivity contribution in [2.75, 3.05) is 19.7 Å². The Hall–Kier alpha value is -5.75. The van der Waals surface area contributed by atoms with Crippen molar-refractivity contribution >= 4 is 17.6 Å². The van der Waals surface area contributed by atoms with Gasteiger partial charge in [0.2, 0.25) is 5.91 Å². The number of nitrogens with one attached hydrogen (secondary N) is 2. The van der Waals surface area contributed by atoms with Gasteiger partial charge < -0.3 is 58.3 Å². The van der Waals surface area contributed by atoms with Crippen molar-refractivity contribution in [3.05, 3.63) is 159 Å². The third-order valence-corrected chi connectivity index (χ3v) is 16.9. The molecule has 3 aromatic rings. The van der Waals surface area contributed by atoms with Crippen LogP contribution in [0, 0.1) is 23.2 Å². The van der Waals surface area contributed by atoms with E-state index < -0.39 is 77.2 Å². The molecule has 12 unspecified atom stereocenters. The molecule has 12 atom stereocenters. The number of aromatic hydroxyl groups is 1. The van der Waals surface area contributed by atoms with Gasteiger partial charge in [-0.3, -0.25) is 19.9 Å². The van der Waals surface area contributed by atoms with Crippen molar-refractivity contribution in [2.45, 2.75) is 140 Å². The standard InChI is InChI=1S/C60H80N6O9/c1-34(2)15-22-50(70)35(3)9-6-13-41(33-67)45-24-26-60(55(45)73)49-21-20-43(69)28-37-10-7-11-38(27-37)29-47(48(31-65-58(62)63)39-16-18-42(68)19-17-39)52(72)32-64-54-53-40(12-8-14-46(53)56(61)66-57(54)74)30-51(71)36(4)44(49)23-25-59(60,5)75/h6-19,27,43,45,47-50,52,54-56,64,67-70,72-73,75H,3,20-26,28-33,61H2,1-2,4-5H3,(H,66,74)(H4,62,63,65). The number of allylic oxidation sites excluding steroid dienone is 5. The predicted octanol–water partition coefficient (Wildman–Crippen LogP) is 5.18. The predicted molar refractivity (Wildman–Crippen MR) is 292 cm³/mol. The van der Waals surface area contributed by atoms with Crippen LogP contribution in [0.15, 0.2) is 130 Å². The summed E-state index contributed by atoms with van der Waals surface area (Å²) in [6.45, 7) is 11.2. The lowest BCUT2D eigenvalue weighted by atomic mass is 9.52. The number of Topliss-reactive ketones (excluding diaryl/α,β-unsaturated/α-hetero) is 1. The molecule has 0 radical (unpaired) electrons. The van der Waals surface area contributed by atoms with Crippen molar-refractivity contribution in [1.29, 1.82) is 0 Å². The number of hydrogen-bond acceptors (Lipinski definition) is 12. The lowest BCUT2D eigenvalue weighted by Crippen LogP contribution is -2.59. The molecule has 2 aliphatic heterocycles. The lowest BCUT2D eigenvalue weighted by Gasteiger charge is -2.56. The Bertz CT molecular complexity index is 2700. The molecule has 1 amide bonds. The number of aliphatic hydroxyl groups excluding tert-OH is 5. The number of aliphatic hydroxyl groups is 6. The molecule has 15 heteroatoms. The molecule has 7 rings (SSSR count). The fraction of sp³-hybridized carbons (Fsp3) is 0.483. The van der Waals surface area contributed by atoms with E-state index in [1.165, 1.54) is 0 Å². The molecule has 15 nitrogen and oxygen atoms in total. The zero-order chi connectivity index (χ0) is 54.4. The summed E-state index contributed by atoms with van der Waals surface area (Å²) in [6.07, 6.45) is 5.29. The molecule has 4 aliphatic rings. The summed E-state index contributed by atoms with van der Waals surface area (Å²) in [5.74, 6) is -2.84. The maximum absolute atomic E-state index is 15.0. The van der Waals surface area contributed by atoms with Gasteiger partial charge >= 0.3 is 0 Å². The number of nitrogens with two attached hydrogens (primary N) is 3. The largest absolute Gasteiger partial charge is 0.508 e. The summed E-state index contributed by atoms with van der Waals surface area (Å²) in [7, 11) is 0. The van der Waals surface area contributed by atoms with E-state index in [1.807, 2.05) is 56.3 Å². The summed E-state index contributed by atoms with van der Waals surface area (Å²) in [6, 6.07) is 18.9. The Kier molecular flexibility index (Phi) is 18.6. The minimum Gasteiger partial charge on any atom is -0.508 e. The van der Waals surface area contributed by atoms with E-state index in [2.05, 4.69) is 22.2 Å². The topological polar surface area (TPSA) is 290 Å². The first-order valence-electron chi connectivity index (χ1n) is 26.5. The van der Waals surface area contributed by atoms with E-state index in [0.29, 0.717) is 71.9 Å². The van der Waals surface area contributed by atoms with Crippen LogP contribution in [-0.2, 0) is 28.9 Å². The Labute approximate surface area is 441 Å². The van der Waals surface area contributed by atoms with E-state index >= 15 is 4.79 Å². The molecule has 15 N–H and O–H groups in total. The van der Waals surface area contributed by atoms with Crippen LogP contribution >= 0.6 is 0 Å². The van der Waals surface area contributed by atoms with Crippen molar-refractivity contribution in [3.8, 4) is 5.75 Å². The third-order valence-electron chi connectivity index (χ3n) is 16.9. The highest BCUT2D eigenvalue weighted by atomic mass is 16.3. The van der Waals surface area contributed by atoms with Crippen molar-refractivity contribution < 1.29 is 45.3 Å². The van der Waals surface area contributed by atoms with Crippen LogP contribution in [0.5, 0.6) is 5.75 Å². The number of carbonyl (C=O) groups is 2. The van der Waals surface area contributed by atoms with Crippen molar-refractivity contribution in [1.82, 2.24) is 10.6 Å². The average Bonchev–Trinajstić information content (AvgIpc) is 3.71. The van der Waals surface area contributed by atoms with Gasteiger partial charge in [-0.25, -0.2) is 0 Å². The van der Waals surface area contributed by atoms with Crippen LogP contribution in [0.2, 0.25) is 0 Å². The number of aliphatic imine (C=N–C) groups is 1. The van der Waals surface area contributed by atoms with Crippen LogP contribution in [0.25, 0.3) is 0 Å². The maximum atomic E-state index is 15.0. The normalized spacial score (nSPS) is 29.7. The molecule has 0 aromatic heterocycles. The van der Waals surface area contributed by atoms with Gasteiger partial charge in [0.15, 0.2) is 11.7 Å². The molecule has 0 saturated heterocycles. The van der Waals surface area contributed by atoms with Gasteiger partial charge in [0.05, 0.1) is 36.6 Å². The quantitative estimate of drug-likeness (QED) is 0.0511. The first-order valence-corrected chi connectivity index (χ1v) is 26.5. The van der Waals surface area contributed by atoms with Gasteiger partial charge in [-0.1, -0.05) is 96.6 Å². The number of amides is 1. The molecular formula is C60H80N6O9. The number of rotatable bonds is 11. The zero-order valence-electron chi connectivity index (χ0n) is 44.0. The Morgan fingerprint density at radius 3 is 2.37 bits per heavy atom. The monoisotopic (exact) mass is 1030 g/mol. The Morgan fingerprint density at radius 2 is 1.68 bits per heavy atom. The lowest BCUT2D eigenvalue weighted by molar-refractivity contribution is -0.168. The minimum atomic E-state index is -1.41. The number of ketones is 1. The summed E-state index contributed by atoms with van der Waals surface area (Å²) >= 11 is 0.